The number of aromatic nitrogens is 1. The van der Waals surface area contributed by atoms with Crippen molar-refractivity contribution >= 4 is 33.3 Å². The topological polar surface area (TPSA) is 13.1 Å². The summed E-state index contributed by atoms with van der Waals surface area (Å²) in [5, 5.41) is 4.92. The van der Waals surface area contributed by atoms with Crippen LogP contribution in [0.1, 0.15) is 30.5 Å². The second-order valence-corrected chi connectivity index (χ2v) is 9.84. The summed E-state index contributed by atoms with van der Waals surface area (Å²) in [7, 11) is 2.13. The van der Waals surface area contributed by atoms with E-state index >= 15 is 0 Å². The highest BCUT2D eigenvalue weighted by molar-refractivity contribution is 7.98. The zero-order valence-corrected chi connectivity index (χ0v) is 19.4. The first kappa shape index (κ1) is 19.4. The highest BCUT2D eigenvalue weighted by Crippen LogP contribution is 2.50. The van der Waals surface area contributed by atoms with E-state index in [1.807, 2.05) is 0 Å². The Balaban J connectivity index is 1.91. The molecule has 0 bridgehead atoms. The Kier molecular flexibility index (Phi) is 4.55. The zero-order chi connectivity index (χ0) is 21.2. The molecule has 152 valence electrons. The zero-order valence-electron chi connectivity index (χ0n) is 18.6. The molecule has 1 aliphatic heterocycles. The van der Waals surface area contributed by atoms with Gasteiger partial charge in [-0.1, -0.05) is 26.0 Å². The summed E-state index contributed by atoms with van der Waals surface area (Å²) in [6.45, 7) is 9.01. The normalized spacial score (nSPS) is 12.5. The monoisotopic (exact) mass is 414 g/mol. The van der Waals surface area contributed by atoms with E-state index in [-0.39, 0.29) is 0 Å². The van der Waals surface area contributed by atoms with E-state index in [0.717, 1.165) is 17.9 Å². The average molecular weight is 415 g/mol. The van der Waals surface area contributed by atoms with Crippen LogP contribution in [0.2, 0.25) is 0 Å². The molecule has 2 heterocycles. The van der Waals surface area contributed by atoms with Crippen LogP contribution in [-0.2, 0) is 13.5 Å². The maximum absolute atomic E-state index is 6.73. The molecule has 0 N–H and O–H groups in total. The molecule has 5 rings (SSSR count). The Bertz CT molecular complexity index is 1340. The van der Waals surface area contributed by atoms with Crippen molar-refractivity contribution in [3.63, 3.8) is 0 Å². The summed E-state index contributed by atoms with van der Waals surface area (Å²) in [6, 6.07) is 13.6. The lowest BCUT2D eigenvalue weighted by molar-refractivity contribution is -0.659. The van der Waals surface area contributed by atoms with Gasteiger partial charge in [-0.3, -0.25) is 0 Å². The Labute approximate surface area is 182 Å². The minimum Gasteiger partial charge on any atom is -0.449 e. The molecule has 0 aliphatic carbocycles. The van der Waals surface area contributed by atoms with Crippen molar-refractivity contribution in [2.45, 2.75) is 39.0 Å². The van der Waals surface area contributed by atoms with Crippen LogP contribution in [0, 0.1) is 19.8 Å². The van der Waals surface area contributed by atoms with Gasteiger partial charge in [0.1, 0.15) is 12.8 Å². The van der Waals surface area contributed by atoms with Gasteiger partial charge in [0.25, 0.3) is 5.69 Å². The fraction of sp³-hybridized carbons (Fsp3) is 0.296. The van der Waals surface area contributed by atoms with Crippen molar-refractivity contribution in [2.24, 2.45) is 13.0 Å². The largest absolute Gasteiger partial charge is 0.449 e. The Hall–Kier alpha value is -2.52. The van der Waals surface area contributed by atoms with E-state index in [2.05, 4.69) is 88.2 Å². The summed E-state index contributed by atoms with van der Waals surface area (Å²) in [5.74, 6) is 2.59. The van der Waals surface area contributed by atoms with Crippen molar-refractivity contribution in [1.82, 2.24) is 0 Å². The van der Waals surface area contributed by atoms with Crippen LogP contribution in [0.25, 0.3) is 32.8 Å². The molecule has 2 nitrogen and oxygen atoms in total. The maximum Gasteiger partial charge on any atom is 0.257 e. The number of benzene rings is 3. The number of thioether (sulfide) groups is 1. The number of hydrogen-bond acceptors (Lipinski definition) is 2. The first-order chi connectivity index (χ1) is 14.4. The quantitative estimate of drug-likeness (QED) is 0.230. The number of pyridine rings is 1. The van der Waals surface area contributed by atoms with Crippen LogP contribution in [0.15, 0.2) is 47.5 Å². The van der Waals surface area contributed by atoms with Gasteiger partial charge in [-0.2, -0.15) is 4.57 Å². The molecule has 0 amide bonds. The SMILES string of the molecule is CSc1ccc2c[n+](C)c3c(c2c1)Oc1cc(CC(C)C)cc2cc(C)c(C)c-3c12. The Morgan fingerprint density at radius 3 is 2.57 bits per heavy atom. The van der Waals surface area contributed by atoms with Crippen LogP contribution in [0.3, 0.4) is 0 Å². The van der Waals surface area contributed by atoms with Crippen molar-refractivity contribution in [2.75, 3.05) is 6.26 Å². The second-order valence-electron chi connectivity index (χ2n) is 8.96. The second kappa shape index (κ2) is 7.02. The van der Waals surface area contributed by atoms with E-state index < -0.39 is 0 Å². The van der Waals surface area contributed by atoms with E-state index in [9.17, 15) is 0 Å². The van der Waals surface area contributed by atoms with E-state index in [1.165, 1.54) is 54.4 Å². The van der Waals surface area contributed by atoms with Gasteiger partial charge in [0.2, 0.25) is 5.75 Å². The van der Waals surface area contributed by atoms with Crippen LogP contribution in [0.5, 0.6) is 11.5 Å². The molecule has 0 atom stereocenters. The molecule has 1 aromatic heterocycles. The molecule has 0 saturated carbocycles. The van der Waals surface area contributed by atoms with Crippen LogP contribution < -0.4 is 9.30 Å². The lowest BCUT2D eigenvalue weighted by atomic mass is 9.88. The summed E-state index contributed by atoms with van der Waals surface area (Å²) < 4.78 is 8.97. The van der Waals surface area contributed by atoms with Crippen LogP contribution in [0.4, 0.5) is 0 Å². The number of rotatable bonds is 3. The molecule has 0 saturated heterocycles. The predicted octanol–water partition coefficient (Wildman–Crippen LogP) is 7.13. The third-order valence-electron chi connectivity index (χ3n) is 6.28. The Morgan fingerprint density at radius 2 is 1.83 bits per heavy atom. The summed E-state index contributed by atoms with van der Waals surface area (Å²) >= 11 is 1.77. The van der Waals surface area contributed by atoms with Crippen LogP contribution in [-0.4, -0.2) is 6.26 Å². The van der Waals surface area contributed by atoms with Gasteiger partial charge in [-0.05, 0) is 78.8 Å². The van der Waals surface area contributed by atoms with Gasteiger partial charge >= 0.3 is 0 Å². The van der Waals surface area contributed by atoms with E-state index in [1.54, 1.807) is 11.8 Å². The summed E-state index contributed by atoms with van der Waals surface area (Å²) in [6.07, 6.45) is 5.41. The fourth-order valence-corrected chi connectivity index (χ4v) is 5.25. The van der Waals surface area contributed by atoms with Crippen molar-refractivity contribution in [3.05, 3.63) is 59.3 Å². The standard InChI is InChI=1S/C27H28NOS/c1-15(2)9-18-11-20-10-16(3)17(4)24-25(20)23(12-18)29-27-22-13-21(30-6)8-7-19(22)14-28(5)26(24)27/h7-8,10-15H,9H2,1-6H3/q+1. The Morgan fingerprint density at radius 1 is 1.03 bits per heavy atom. The first-order valence-corrected chi connectivity index (χ1v) is 11.8. The van der Waals surface area contributed by atoms with Crippen molar-refractivity contribution < 1.29 is 9.30 Å². The number of aryl methyl sites for hydroxylation is 2. The molecular formula is C27H28NOS+. The molecule has 0 radical (unpaired) electrons. The molecule has 0 fully saturated rings. The highest BCUT2D eigenvalue weighted by Gasteiger charge is 2.32. The molecule has 0 spiro atoms. The minimum absolute atomic E-state index is 0.610. The first-order valence-electron chi connectivity index (χ1n) is 10.6. The molecule has 4 aromatic rings. The number of nitrogens with zero attached hydrogens (tertiary/aromatic N) is 1. The smallest absolute Gasteiger partial charge is 0.257 e. The van der Waals surface area contributed by atoms with Gasteiger partial charge < -0.3 is 4.74 Å². The molecule has 3 aromatic carbocycles. The lowest BCUT2D eigenvalue weighted by Crippen LogP contribution is -2.32. The van der Waals surface area contributed by atoms with Gasteiger partial charge in [-0.15, -0.1) is 11.8 Å². The summed E-state index contributed by atoms with van der Waals surface area (Å²) in [5.41, 5.74) is 6.50. The molecule has 3 heteroatoms. The van der Waals surface area contributed by atoms with Crippen molar-refractivity contribution in [3.8, 4) is 22.8 Å². The number of fused-ring (bicyclic) bond motifs is 4. The van der Waals surface area contributed by atoms with Crippen LogP contribution >= 0.6 is 11.8 Å². The molecular weight excluding hydrogens is 386 g/mol. The number of ether oxygens (including phenoxy) is 1. The third-order valence-corrected chi connectivity index (χ3v) is 7.00. The molecule has 0 unspecified atom stereocenters. The van der Waals surface area contributed by atoms with Gasteiger partial charge in [-0.25, -0.2) is 0 Å². The van der Waals surface area contributed by atoms with Gasteiger partial charge in [0.05, 0.1) is 5.56 Å². The number of hydrogen-bond donors (Lipinski definition) is 0. The third kappa shape index (κ3) is 2.91. The summed E-state index contributed by atoms with van der Waals surface area (Å²) in [4.78, 5) is 1.26. The van der Waals surface area contributed by atoms with Gasteiger partial charge in [0, 0.05) is 21.1 Å². The highest BCUT2D eigenvalue weighted by atomic mass is 32.2. The molecule has 30 heavy (non-hydrogen) atoms. The van der Waals surface area contributed by atoms with E-state index in [0.29, 0.717) is 5.92 Å². The average Bonchev–Trinajstić information content (AvgIpc) is 2.70. The predicted molar refractivity (Wildman–Crippen MR) is 128 cm³/mol. The molecule has 1 aliphatic rings. The minimum atomic E-state index is 0.610. The van der Waals surface area contributed by atoms with E-state index in [4.69, 9.17) is 4.74 Å². The lowest BCUT2D eigenvalue weighted by Gasteiger charge is -2.24. The maximum atomic E-state index is 6.73. The fourth-order valence-electron chi connectivity index (χ4n) is 4.81. The van der Waals surface area contributed by atoms with Crippen molar-refractivity contribution in [1.29, 1.82) is 0 Å². The van der Waals surface area contributed by atoms with Gasteiger partial charge in [0.15, 0.2) is 6.20 Å².